The topological polar surface area (TPSA) is 96.2 Å². The zero-order valence-corrected chi connectivity index (χ0v) is 23.8. The van der Waals surface area contributed by atoms with Gasteiger partial charge in [0.15, 0.2) is 11.6 Å². The Morgan fingerprint density at radius 2 is 1.70 bits per heavy atom. The van der Waals surface area contributed by atoms with Crippen molar-refractivity contribution in [1.82, 2.24) is 20.4 Å². The van der Waals surface area contributed by atoms with Crippen LogP contribution in [0.15, 0.2) is 48.5 Å². The van der Waals surface area contributed by atoms with E-state index in [4.69, 9.17) is 0 Å². The Labute approximate surface area is 241 Å². The number of nitrogens with one attached hydrogen (secondary N) is 2. The van der Waals surface area contributed by atoms with Gasteiger partial charge < -0.3 is 21.0 Å². The number of likely N-dealkylation sites (N-methyl/N-ethyl adjacent to an activating group) is 1. The summed E-state index contributed by atoms with van der Waals surface area (Å²) in [4.78, 5) is 30.5. The molecular formula is C30H41ClF2N4O3. The molecule has 4 N–H and O–H groups in total. The molecule has 2 aromatic carbocycles. The molecule has 2 atom stereocenters. The van der Waals surface area contributed by atoms with Crippen LogP contribution in [0.4, 0.5) is 13.6 Å². The van der Waals surface area contributed by atoms with Crippen LogP contribution in [-0.2, 0) is 10.3 Å². The van der Waals surface area contributed by atoms with E-state index in [1.807, 2.05) is 30.0 Å². The van der Waals surface area contributed by atoms with Crippen LogP contribution in [0.25, 0.3) is 0 Å². The summed E-state index contributed by atoms with van der Waals surface area (Å²) in [5, 5.41) is 6.49. The summed E-state index contributed by atoms with van der Waals surface area (Å²) < 4.78 is 27.6. The molecule has 0 radical (unpaired) electrons. The highest BCUT2D eigenvalue weighted by molar-refractivity contribution is 5.85. The fraction of sp³-hybridized carbons (Fsp3) is 0.533. The minimum absolute atomic E-state index is 0. The zero-order valence-electron chi connectivity index (χ0n) is 23.0. The molecule has 1 aliphatic carbocycles. The number of rotatable bonds is 6. The lowest BCUT2D eigenvalue weighted by atomic mass is 9.79. The molecule has 2 heterocycles. The van der Waals surface area contributed by atoms with Crippen LogP contribution in [0.2, 0.25) is 0 Å². The Hall–Kier alpha value is -2.75. The second-order valence-electron chi connectivity index (χ2n) is 11.1. The van der Waals surface area contributed by atoms with Crippen molar-refractivity contribution in [3.8, 4) is 0 Å². The average Bonchev–Trinajstić information content (AvgIpc) is 3.44. The molecule has 40 heavy (non-hydrogen) atoms. The first-order valence-electron chi connectivity index (χ1n) is 14.0. The highest BCUT2D eigenvalue weighted by atomic mass is 35.5. The monoisotopic (exact) mass is 578 g/mol. The van der Waals surface area contributed by atoms with Gasteiger partial charge in [0.1, 0.15) is 0 Å². The van der Waals surface area contributed by atoms with Gasteiger partial charge in [0, 0.05) is 38.1 Å². The largest absolute Gasteiger partial charge is 0.412 e. The number of nitrogens with zero attached hydrogens (tertiary/aromatic N) is 2. The predicted octanol–water partition coefficient (Wildman–Crippen LogP) is 4.50. The van der Waals surface area contributed by atoms with E-state index in [1.54, 1.807) is 6.07 Å². The van der Waals surface area contributed by atoms with Crippen molar-refractivity contribution in [3.63, 3.8) is 0 Å². The maximum Gasteiger partial charge on any atom is 0.315 e. The van der Waals surface area contributed by atoms with Crippen LogP contribution in [0.5, 0.6) is 0 Å². The van der Waals surface area contributed by atoms with Gasteiger partial charge in [-0.15, -0.1) is 12.4 Å². The normalized spacial score (nSPS) is 23.2. The summed E-state index contributed by atoms with van der Waals surface area (Å²) in [6.07, 6.45) is 6.28. The van der Waals surface area contributed by atoms with E-state index in [2.05, 4.69) is 27.7 Å². The number of likely N-dealkylation sites (tertiary alicyclic amines) is 2. The Bertz CT molecular complexity index is 1140. The van der Waals surface area contributed by atoms with E-state index < -0.39 is 17.2 Å². The lowest BCUT2D eigenvalue weighted by Crippen LogP contribution is -2.60. The standard InChI is InChI=1S/C30H38F2N4O2.ClH.H2O/c1-2-35-20-22(21-12-13-25(31)26(32)18-21)19-27(28(35)37)36-16-14-30(15-17-36,23-8-4-3-5-9-23)34-29(38)33-24-10-6-7-11-24;;/h3-5,8-9,12-13,18,22,24,27H,2,6-7,10-11,14-17,19-20H2,1H3,(H2,33,34,38);1H;1H2. The summed E-state index contributed by atoms with van der Waals surface area (Å²) in [5.41, 5.74) is 1.29. The van der Waals surface area contributed by atoms with E-state index in [9.17, 15) is 18.4 Å². The number of benzene rings is 2. The summed E-state index contributed by atoms with van der Waals surface area (Å²) >= 11 is 0. The maximum absolute atomic E-state index is 14.0. The molecule has 1 saturated carbocycles. The van der Waals surface area contributed by atoms with Crippen LogP contribution in [0.1, 0.15) is 68.9 Å². The third-order valence-corrected chi connectivity index (χ3v) is 8.80. The molecule has 2 unspecified atom stereocenters. The first kappa shape index (κ1) is 31.8. The summed E-state index contributed by atoms with van der Waals surface area (Å²) in [7, 11) is 0. The van der Waals surface area contributed by atoms with Gasteiger partial charge in [-0.3, -0.25) is 9.69 Å². The second kappa shape index (κ2) is 13.7. The average molecular weight is 579 g/mol. The number of carbonyl (C=O) groups excluding carboxylic acids is 2. The molecule has 2 aromatic rings. The van der Waals surface area contributed by atoms with E-state index in [0.29, 0.717) is 45.4 Å². The van der Waals surface area contributed by atoms with E-state index in [1.165, 1.54) is 12.1 Å². The van der Waals surface area contributed by atoms with Crippen LogP contribution in [0.3, 0.4) is 0 Å². The third-order valence-electron chi connectivity index (χ3n) is 8.80. The molecular weight excluding hydrogens is 538 g/mol. The molecule has 220 valence electrons. The quantitative estimate of drug-likeness (QED) is 0.528. The molecule has 0 aromatic heterocycles. The van der Waals surface area contributed by atoms with Crippen LogP contribution >= 0.6 is 12.4 Å². The highest BCUT2D eigenvalue weighted by Crippen LogP contribution is 2.37. The molecule has 5 rings (SSSR count). The number of carbonyl (C=O) groups is 2. The van der Waals surface area contributed by atoms with Crippen molar-refractivity contribution in [2.24, 2.45) is 0 Å². The Kier molecular flexibility index (Phi) is 10.9. The first-order chi connectivity index (χ1) is 18.4. The maximum atomic E-state index is 14.0. The Morgan fingerprint density at radius 3 is 2.33 bits per heavy atom. The molecule has 3 aliphatic rings. The van der Waals surface area contributed by atoms with Crippen molar-refractivity contribution in [1.29, 1.82) is 0 Å². The SMILES string of the molecule is CCN1CC(c2ccc(F)c(F)c2)CC(N2CCC(NC(=O)NC3CCCC3)(c3ccccc3)CC2)C1=O.Cl.O. The van der Waals surface area contributed by atoms with Crippen molar-refractivity contribution >= 4 is 24.3 Å². The van der Waals surface area contributed by atoms with Crippen molar-refractivity contribution in [2.45, 2.75) is 75.4 Å². The molecule has 0 spiro atoms. The molecule has 0 bridgehead atoms. The molecule has 7 nitrogen and oxygen atoms in total. The minimum Gasteiger partial charge on any atom is -0.412 e. The van der Waals surface area contributed by atoms with Gasteiger partial charge in [-0.05, 0) is 62.3 Å². The van der Waals surface area contributed by atoms with Gasteiger partial charge in [-0.25, -0.2) is 13.6 Å². The van der Waals surface area contributed by atoms with E-state index in [-0.39, 0.29) is 47.8 Å². The van der Waals surface area contributed by atoms with Gasteiger partial charge in [0.2, 0.25) is 5.91 Å². The number of hydrogen-bond acceptors (Lipinski definition) is 3. The molecule has 3 amide bonds. The number of urea groups is 1. The van der Waals surface area contributed by atoms with Gasteiger partial charge >= 0.3 is 6.03 Å². The number of halogens is 3. The smallest absolute Gasteiger partial charge is 0.315 e. The fourth-order valence-electron chi connectivity index (χ4n) is 6.58. The van der Waals surface area contributed by atoms with Crippen LogP contribution in [0, 0.1) is 11.6 Å². The van der Waals surface area contributed by atoms with Crippen LogP contribution < -0.4 is 10.6 Å². The lowest BCUT2D eigenvalue weighted by Gasteiger charge is -2.48. The Morgan fingerprint density at radius 1 is 1.02 bits per heavy atom. The van der Waals surface area contributed by atoms with Gasteiger partial charge in [0.05, 0.1) is 11.6 Å². The first-order valence-corrected chi connectivity index (χ1v) is 14.0. The fourth-order valence-corrected chi connectivity index (χ4v) is 6.58. The number of piperidine rings is 2. The van der Waals surface area contributed by atoms with Gasteiger partial charge in [-0.2, -0.15) is 0 Å². The number of amides is 3. The summed E-state index contributed by atoms with van der Waals surface area (Å²) in [5.74, 6) is -1.69. The second-order valence-corrected chi connectivity index (χ2v) is 11.1. The van der Waals surface area contributed by atoms with Crippen molar-refractivity contribution < 1.29 is 23.8 Å². The van der Waals surface area contributed by atoms with Gasteiger partial charge in [-0.1, -0.05) is 49.2 Å². The third kappa shape index (κ3) is 6.75. The molecule has 3 fully saturated rings. The van der Waals surface area contributed by atoms with Crippen LogP contribution in [-0.4, -0.2) is 65.5 Å². The molecule has 2 aliphatic heterocycles. The highest BCUT2D eigenvalue weighted by Gasteiger charge is 2.44. The lowest BCUT2D eigenvalue weighted by molar-refractivity contribution is -0.141. The number of hydrogen-bond donors (Lipinski definition) is 2. The zero-order chi connectivity index (χ0) is 26.7. The Balaban J connectivity index is 0.00000220. The predicted molar refractivity (Wildman–Crippen MR) is 153 cm³/mol. The molecule has 10 heteroatoms. The van der Waals surface area contributed by atoms with E-state index >= 15 is 0 Å². The minimum atomic E-state index is -0.859. The van der Waals surface area contributed by atoms with Crippen molar-refractivity contribution in [3.05, 3.63) is 71.3 Å². The molecule has 2 saturated heterocycles. The van der Waals surface area contributed by atoms with E-state index in [0.717, 1.165) is 36.8 Å². The van der Waals surface area contributed by atoms with Crippen molar-refractivity contribution in [2.75, 3.05) is 26.2 Å². The summed E-state index contributed by atoms with van der Waals surface area (Å²) in [6, 6.07) is 13.9. The summed E-state index contributed by atoms with van der Waals surface area (Å²) in [6.45, 7) is 4.32. The van der Waals surface area contributed by atoms with Gasteiger partial charge in [0.25, 0.3) is 0 Å².